The van der Waals surface area contributed by atoms with E-state index in [9.17, 15) is 4.79 Å². The average Bonchev–Trinajstić information content (AvgIpc) is 3.10. The Hall–Kier alpha value is -1.83. The van der Waals surface area contributed by atoms with Gasteiger partial charge in [-0.15, -0.1) is 10.2 Å². The zero-order valence-corrected chi connectivity index (χ0v) is 16.3. The maximum atomic E-state index is 12.6. The van der Waals surface area contributed by atoms with Gasteiger partial charge in [0, 0.05) is 11.3 Å². The molecule has 2 aromatic carbocycles. The van der Waals surface area contributed by atoms with E-state index in [1.54, 1.807) is 11.8 Å². The van der Waals surface area contributed by atoms with E-state index in [2.05, 4.69) is 15.5 Å². The first-order chi connectivity index (χ1) is 12.2. The summed E-state index contributed by atoms with van der Waals surface area (Å²) in [4.78, 5) is 12.6. The third-order valence-corrected chi connectivity index (χ3v) is 6.56. The standard InChI is InChI=1S/C18H17N3OS3/c1-12(24-18-21-20-17(23-2)25-18)16(22)19-15-11-7-6-10-14(15)13-8-4-3-5-9-13/h3-12H,1-2H3,(H,19,22)/t12-/m0/s1. The van der Waals surface area contributed by atoms with Crippen molar-refractivity contribution in [1.82, 2.24) is 10.2 Å². The zero-order chi connectivity index (χ0) is 17.6. The molecule has 0 aliphatic carbocycles. The number of anilines is 1. The van der Waals surface area contributed by atoms with Gasteiger partial charge in [0.1, 0.15) is 0 Å². The molecule has 0 radical (unpaired) electrons. The second kappa shape index (κ2) is 8.51. The number of thioether (sulfide) groups is 2. The molecule has 0 spiro atoms. The fraction of sp³-hybridized carbons (Fsp3) is 0.167. The molecule has 0 aliphatic rings. The Labute approximate surface area is 159 Å². The topological polar surface area (TPSA) is 54.9 Å². The summed E-state index contributed by atoms with van der Waals surface area (Å²) in [5.41, 5.74) is 2.90. The lowest BCUT2D eigenvalue weighted by atomic mass is 10.0. The molecular formula is C18H17N3OS3. The molecule has 0 fully saturated rings. The van der Waals surface area contributed by atoms with Crippen LogP contribution in [0.4, 0.5) is 5.69 Å². The number of carbonyl (C=O) groups excluding carboxylic acids is 1. The van der Waals surface area contributed by atoms with Crippen LogP contribution in [0, 0.1) is 0 Å². The van der Waals surface area contributed by atoms with Crippen LogP contribution in [0.5, 0.6) is 0 Å². The fourth-order valence-corrected chi connectivity index (χ4v) is 4.81. The summed E-state index contributed by atoms with van der Waals surface area (Å²) in [6.45, 7) is 1.88. The van der Waals surface area contributed by atoms with E-state index in [-0.39, 0.29) is 11.2 Å². The van der Waals surface area contributed by atoms with Gasteiger partial charge in [-0.2, -0.15) is 0 Å². The van der Waals surface area contributed by atoms with Crippen LogP contribution >= 0.6 is 34.9 Å². The lowest BCUT2D eigenvalue weighted by Gasteiger charge is -2.14. The Morgan fingerprint density at radius 1 is 1.04 bits per heavy atom. The van der Waals surface area contributed by atoms with Crippen LogP contribution in [0.15, 0.2) is 63.3 Å². The van der Waals surface area contributed by atoms with Crippen molar-refractivity contribution in [3.63, 3.8) is 0 Å². The molecule has 0 aliphatic heterocycles. The molecule has 1 aromatic heterocycles. The van der Waals surface area contributed by atoms with Gasteiger partial charge in [0.05, 0.1) is 5.25 Å². The summed E-state index contributed by atoms with van der Waals surface area (Å²) >= 11 is 4.50. The number of nitrogens with zero attached hydrogens (tertiary/aromatic N) is 2. The lowest BCUT2D eigenvalue weighted by Crippen LogP contribution is -2.22. The fourth-order valence-electron chi connectivity index (χ4n) is 2.23. The minimum atomic E-state index is -0.258. The molecule has 4 nitrogen and oxygen atoms in total. The number of carbonyl (C=O) groups is 1. The maximum Gasteiger partial charge on any atom is 0.237 e. The lowest BCUT2D eigenvalue weighted by molar-refractivity contribution is -0.115. The van der Waals surface area contributed by atoms with Crippen LogP contribution in [-0.2, 0) is 4.79 Å². The molecule has 3 rings (SSSR count). The number of amides is 1. The van der Waals surface area contributed by atoms with Gasteiger partial charge in [0.15, 0.2) is 8.68 Å². The van der Waals surface area contributed by atoms with Gasteiger partial charge in [-0.1, -0.05) is 83.4 Å². The molecule has 0 unspecified atom stereocenters. The van der Waals surface area contributed by atoms with Crippen LogP contribution in [0.25, 0.3) is 11.1 Å². The van der Waals surface area contributed by atoms with Gasteiger partial charge < -0.3 is 5.32 Å². The van der Waals surface area contributed by atoms with Gasteiger partial charge in [-0.3, -0.25) is 4.79 Å². The van der Waals surface area contributed by atoms with E-state index in [0.717, 1.165) is 25.5 Å². The van der Waals surface area contributed by atoms with Crippen molar-refractivity contribution >= 4 is 46.5 Å². The SMILES string of the molecule is CSc1nnc(S[C@@H](C)C(=O)Nc2ccccc2-c2ccccc2)s1. The molecular weight excluding hydrogens is 370 g/mol. The summed E-state index contributed by atoms with van der Waals surface area (Å²) in [7, 11) is 0. The molecule has 128 valence electrons. The van der Waals surface area contributed by atoms with Crippen molar-refractivity contribution < 1.29 is 4.79 Å². The number of hydrogen-bond acceptors (Lipinski definition) is 6. The van der Waals surface area contributed by atoms with Gasteiger partial charge in [0.2, 0.25) is 5.91 Å². The molecule has 1 atom stereocenters. The third-order valence-electron chi connectivity index (χ3n) is 3.48. The number of hydrogen-bond donors (Lipinski definition) is 1. The second-order valence-electron chi connectivity index (χ2n) is 5.20. The maximum absolute atomic E-state index is 12.6. The van der Waals surface area contributed by atoms with Crippen molar-refractivity contribution in [3.05, 3.63) is 54.6 Å². The van der Waals surface area contributed by atoms with Crippen LogP contribution in [-0.4, -0.2) is 27.6 Å². The Morgan fingerprint density at radius 2 is 1.72 bits per heavy atom. The predicted molar refractivity (Wildman–Crippen MR) is 108 cm³/mol. The number of nitrogens with one attached hydrogen (secondary N) is 1. The molecule has 25 heavy (non-hydrogen) atoms. The van der Waals surface area contributed by atoms with Gasteiger partial charge >= 0.3 is 0 Å². The summed E-state index contributed by atoms with van der Waals surface area (Å²) in [5.74, 6) is -0.0470. The van der Waals surface area contributed by atoms with E-state index < -0.39 is 0 Å². The van der Waals surface area contributed by atoms with E-state index >= 15 is 0 Å². The van der Waals surface area contributed by atoms with E-state index in [0.29, 0.717) is 0 Å². The molecule has 0 saturated heterocycles. The van der Waals surface area contributed by atoms with Crippen LogP contribution in [0.3, 0.4) is 0 Å². The molecule has 1 N–H and O–H groups in total. The molecule has 3 aromatic rings. The molecule has 0 saturated carbocycles. The normalized spacial score (nSPS) is 11.9. The first kappa shape index (κ1) is 18.0. The second-order valence-corrected chi connectivity index (χ2v) is 8.82. The van der Waals surface area contributed by atoms with Gasteiger partial charge in [0.25, 0.3) is 0 Å². The number of para-hydroxylation sites is 1. The van der Waals surface area contributed by atoms with Crippen LogP contribution in [0.2, 0.25) is 0 Å². The molecule has 1 amide bonds. The van der Waals surface area contributed by atoms with Crippen molar-refractivity contribution in [2.24, 2.45) is 0 Å². The molecule has 0 bridgehead atoms. The predicted octanol–water partition coefficient (Wildman–Crippen LogP) is 5.05. The Morgan fingerprint density at radius 3 is 2.44 bits per heavy atom. The largest absolute Gasteiger partial charge is 0.325 e. The summed E-state index contributed by atoms with van der Waals surface area (Å²) in [5, 5.41) is 11.0. The van der Waals surface area contributed by atoms with Crippen molar-refractivity contribution in [3.8, 4) is 11.1 Å². The summed E-state index contributed by atoms with van der Waals surface area (Å²) in [6.07, 6.45) is 1.96. The number of aromatic nitrogens is 2. The van der Waals surface area contributed by atoms with E-state index in [1.165, 1.54) is 23.1 Å². The summed E-state index contributed by atoms with van der Waals surface area (Å²) in [6, 6.07) is 17.9. The van der Waals surface area contributed by atoms with Crippen molar-refractivity contribution in [1.29, 1.82) is 0 Å². The van der Waals surface area contributed by atoms with Crippen molar-refractivity contribution in [2.45, 2.75) is 20.9 Å². The number of benzene rings is 2. The van der Waals surface area contributed by atoms with Crippen LogP contribution < -0.4 is 5.32 Å². The Bertz CT molecular complexity index is 852. The van der Waals surface area contributed by atoms with Gasteiger partial charge in [-0.25, -0.2) is 0 Å². The van der Waals surface area contributed by atoms with Gasteiger partial charge in [-0.05, 0) is 24.8 Å². The van der Waals surface area contributed by atoms with Crippen LogP contribution in [0.1, 0.15) is 6.92 Å². The smallest absolute Gasteiger partial charge is 0.237 e. The highest BCUT2D eigenvalue weighted by atomic mass is 32.2. The summed E-state index contributed by atoms with van der Waals surface area (Å²) < 4.78 is 1.72. The monoisotopic (exact) mass is 387 g/mol. The minimum absolute atomic E-state index is 0.0470. The molecule has 1 heterocycles. The quantitative estimate of drug-likeness (QED) is 0.600. The highest BCUT2D eigenvalue weighted by molar-refractivity contribution is 8.03. The average molecular weight is 388 g/mol. The van der Waals surface area contributed by atoms with E-state index in [4.69, 9.17) is 0 Å². The Kier molecular flexibility index (Phi) is 6.12. The number of rotatable bonds is 6. The minimum Gasteiger partial charge on any atom is -0.325 e. The molecule has 7 heteroatoms. The first-order valence-corrected chi connectivity index (χ1v) is 10.6. The Balaban J connectivity index is 1.72. The highest BCUT2D eigenvalue weighted by Crippen LogP contribution is 2.32. The van der Waals surface area contributed by atoms with E-state index in [1.807, 2.05) is 67.8 Å². The zero-order valence-electron chi connectivity index (χ0n) is 13.8. The highest BCUT2D eigenvalue weighted by Gasteiger charge is 2.18. The third kappa shape index (κ3) is 4.62. The first-order valence-electron chi connectivity index (χ1n) is 7.67. The van der Waals surface area contributed by atoms with Crippen molar-refractivity contribution in [2.75, 3.05) is 11.6 Å².